The van der Waals surface area contributed by atoms with Crippen molar-refractivity contribution >= 4 is 28.0 Å². The van der Waals surface area contributed by atoms with Crippen molar-refractivity contribution in [2.45, 2.75) is 111 Å². The van der Waals surface area contributed by atoms with Crippen LogP contribution in [-0.4, -0.2) is 0 Å². The molecule has 57 heavy (non-hydrogen) atoms. The number of anilines is 3. The predicted molar refractivity (Wildman–Crippen MR) is 245 cm³/mol. The van der Waals surface area contributed by atoms with Gasteiger partial charge < -0.3 is 9.32 Å². The van der Waals surface area contributed by atoms with E-state index >= 15 is 0 Å². The van der Waals surface area contributed by atoms with E-state index in [1.807, 2.05) is 0 Å². The smallest absolute Gasteiger partial charge is 0.135 e. The zero-order chi connectivity index (χ0) is 40.5. The maximum Gasteiger partial charge on any atom is 0.135 e. The second kappa shape index (κ2) is 13.9. The maximum atomic E-state index is 6.68. The summed E-state index contributed by atoms with van der Waals surface area (Å²) in [5.41, 5.74) is 17.1. The molecule has 0 saturated heterocycles. The highest BCUT2D eigenvalue weighted by Gasteiger charge is 2.37. The lowest BCUT2D eigenvalue weighted by molar-refractivity contribution is 0.332. The first-order valence-electron chi connectivity index (χ1n) is 20.8. The Morgan fingerprint density at radius 1 is 0.509 bits per heavy atom. The summed E-state index contributed by atoms with van der Waals surface area (Å²) in [7, 11) is 0. The lowest BCUT2D eigenvalue weighted by Gasteiger charge is -2.42. The summed E-state index contributed by atoms with van der Waals surface area (Å²) in [6.45, 7) is 25.7. The van der Waals surface area contributed by atoms with Crippen molar-refractivity contribution < 1.29 is 4.42 Å². The van der Waals surface area contributed by atoms with Crippen molar-refractivity contribution in [1.82, 2.24) is 0 Å². The molecule has 6 aromatic carbocycles. The molecule has 8 rings (SSSR count). The van der Waals surface area contributed by atoms with Gasteiger partial charge in [-0.05, 0) is 141 Å². The molecule has 0 saturated carbocycles. The number of aryl methyl sites for hydroxylation is 1. The van der Waals surface area contributed by atoms with Gasteiger partial charge in [0, 0.05) is 27.9 Å². The van der Waals surface area contributed by atoms with Crippen LogP contribution in [0.25, 0.3) is 44.5 Å². The molecule has 2 nitrogen and oxygen atoms in total. The molecule has 0 atom stereocenters. The number of hydrogen-bond acceptors (Lipinski definition) is 2. The molecule has 1 heterocycles. The number of fused-ring (bicyclic) bond motifs is 2. The van der Waals surface area contributed by atoms with Gasteiger partial charge in [0.25, 0.3) is 0 Å². The lowest BCUT2D eigenvalue weighted by Crippen LogP contribution is -2.34. The zero-order valence-corrected chi connectivity index (χ0v) is 36.0. The molecular weight excluding hydrogens is 691 g/mol. The Morgan fingerprint density at radius 2 is 1.12 bits per heavy atom. The molecule has 0 amide bonds. The number of hydrogen-bond donors (Lipinski definition) is 0. The molecule has 1 aliphatic rings. The normalized spacial score (nSPS) is 15.1. The van der Waals surface area contributed by atoms with Crippen molar-refractivity contribution in [3.63, 3.8) is 0 Å². The molecule has 0 N–H and O–H groups in total. The van der Waals surface area contributed by atoms with Crippen molar-refractivity contribution in [3.8, 4) is 33.6 Å². The SMILES string of the molecule is Cc1cc(-c2cc(C(C)(C)C)cc3oc(-c4ccccc4)cc23)cc(N(c2ccc3c(c2)C(C)(C)CCC3(C)C)c2ccc(C(C)(C)C)cc2-c2ccccc2)c1. The van der Waals surface area contributed by atoms with Gasteiger partial charge in [-0.1, -0.05) is 148 Å². The van der Waals surface area contributed by atoms with Gasteiger partial charge in [0.1, 0.15) is 11.3 Å². The molecular formula is C55H59NO. The Hall–Kier alpha value is -5.34. The van der Waals surface area contributed by atoms with E-state index in [0.717, 1.165) is 34.4 Å². The first-order valence-corrected chi connectivity index (χ1v) is 20.8. The van der Waals surface area contributed by atoms with Gasteiger partial charge in [-0.25, -0.2) is 0 Å². The van der Waals surface area contributed by atoms with Crippen LogP contribution < -0.4 is 4.90 Å². The van der Waals surface area contributed by atoms with Gasteiger partial charge in [-0.3, -0.25) is 0 Å². The van der Waals surface area contributed by atoms with Gasteiger partial charge in [-0.15, -0.1) is 0 Å². The van der Waals surface area contributed by atoms with Crippen molar-refractivity contribution in [3.05, 3.63) is 161 Å². The van der Waals surface area contributed by atoms with E-state index in [1.165, 1.54) is 67.9 Å². The van der Waals surface area contributed by atoms with E-state index in [1.54, 1.807) is 0 Å². The van der Waals surface area contributed by atoms with Crippen molar-refractivity contribution in [2.24, 2.45) is 0 Å². The summed E-state index contributed by atoms with van der Waals surface area (Å²) < 4.78 is 6.68. The third-order valence-electron chi connectivity index (χ3n) is 12.5. The van der Waals surface area contributed by atoms with Gasteiger partial charge >= 0.3 is 0 Å². The number of furan rings is 1. The van der Waals surface area contributed by atoms with Crippen LogP contribution in [0, 0.1) is 6.92 Å². The highest BCUT2D eigenvalue weighted by Crippen LogP contribution is 2.50. The predicted octanol–water partition coefficient (Wildman–Crippen LogP) is 16.2. The maximum absolute atomic E-state index is 6.68. The fraction of sp³-hybridized carbons (Fsp3) is 0.309. The average Bonchev–Trinajstić information content (AvgIpc) is 3.61. The van der Waals surface area contributed by atoms with Gasteiger partial charge in [0.15, 0.2) is 0 Å². The fourth-order valence-corrected chi connectivity index (χ4v) is 8.79. The van der Waals surface area contributed by atoms with Crippen LogP contribution in [0.5, 0.6) is 0 Å². The van der Waals surface area contributed by atoms with Crippen LogP contribution in [-0.2, 0) is 21.7 Å². The fourth-order valence-electron chi connectivity index (χ4n) is 8.79. The molecule has 0 bridgehead atoms. The highest BCUT2D eigenvalue weighted by molar-refractivity contribution is 5.99. The van der Waals surface area contributed by atoms with E-state index in [-0.39, 0.29) is 21.7 Å². The number of nitrogens with zero attached hydrogens (tertiary/aromatic N) is 1. The van der Waals surface area contributed by atoms with Crippen LogP contribution >= 0.6 is 0 Å². The summed E-state index contributed by atoms with van der Waals surface area (Å²) in [6, 6.07) is 49.8. The minimum absolute atomic E-state index is 0.00252. The van der Waals surface area contributed by atoms with Crippen LogP contribution in [0.2, 0.25) is 0 Å². The quantitative estimate of drug-likeness (QED) is 0.168. The van der Waals surface area contributed by atoms with Gasteiger partial charge in [0.2, 0.25) is 0 Å². The Morgan fingerprint density at radius 3 is 1.77 bits per heavy atom. The zero-order valence-electron chi connectivity index (χ0n) is 36.0. The van der Waals surface area contributed by atoms with E-state index in [4.69, 9.17) is 4.42 Å². The Balaban J connectivity index is 1.41. The minimum atomic E-state index is -0.0651. The van der Waals surface area contributed by atoms with Gasteiger partial charge in [0.05, 0.1) is 5.69 Å². The Kier molecular flexibility index (Phi) is 9.42. The summed E-state index contributed by atoms with van der Waals surface area (Å²) >= 11 is 0. The average molecular weight is 750 g/mol. The molecule has 0 unspecified atom stereocenters. The standard InChI is InChI=1S/C55H59NO/c1-36-28-39(44-32-41(53(5,6)7)33-51-46(44)35-50(57-51)38-20-16-13-17-21-38)30-43(29-36)56(42-23-24-47-48(34-42)55(10,11)27-26-54(47,8)9)49-25-22-40(52(2,3)4)31-45(49)37-18-14-12-15-19-37/h12-25,28-35H,26-27H2,1-11H3. The van der Waals surface area contributed by atoms with Crippen molar-refractivity contribution in [1.29, 1.82) is 0 Å². The van der Waals surface area contributed by atoms with Crippen molar-refractivity contribution in [2.75, 3.05) is 4.90 Å². The monoisotopic (exact) mass is 749 g/mol. The largest absolute Gasteiger partial charge is 0.456 e. The van der Waals surface area contributed by atoms with Gasteiger partial charge in [-0.2, -0.15) is 0 Å². The molecule has 7 aromatic rings. The number of benzene rings is 6. The minimum Gasteiger partial charge on any atom is -0.456 e. The molecule has 1 aliphatic carbocycles. The van der Waals surface area contributed by atoms with Crippen LogP contribution in [0.4, 0.5) is 17.1 Å². The molecule has 1 aromatic heterocycles. The third kappa shape index (κ3) is 7.36. The molecule has 0 aliphatic heterocycles. The Bertz CT molecular complexity index is 2590. The van der Waals surface area contributed by atoms with Crippen LogP contribution in [0.15, 0.2) is 138 Å². The van der Waals surface area contributed by atoms with Crippen LogP contribution in [0.3, 0.4) is 0 Å². The van der Waals surface area contributed by atoms with E-state index in [0.29, 0.717) is 0 Å². The first-order chi connectivity index (χ1) is 26.9. The van der Waals surface area contributed by atoms with Crippen LogP contribution in [0.1, 0.15) is 110 Å². The van der Waals surface area contributed by atoms with E-state index in [9.17, 15) is 0 Å². The van der Waals surface area contributed by atoms with E-state index < -0.39 is 0 Å². The summed E-state index contributed by atoms with van der Waals surface area (Å²) in [5, 5.41) is 1.13. The summed E-state index contributed by atoms with van der Waals surface area (Å²) in [4.78, 5) is 2.53. The highest BCUT2D eigenvalue weighted by atomic mass is 16.3. The first kappa shape index (κ1) is 38.5. The van der Waals surface area contributed by atoms with E-state index in [2.05, 4.69) is 215 Å². The molecule has 0 radical (unpaired) electrons. The topological polar surface area (TPSA) is 16.4 Å². The number of rotatable bonds is 6. The third-order valence-corrected chi connectivity index (χ3v) is 12.5. The second-order valence-corrected chi connectivity index (χ2v) is 19.9. The second-order valence-electron chi connectivity index (χ2n) is 19.9. The molecule has 2 heteroatoms. The molecule has 0 spiro atoms. The lowest BCUT2D eigenvalue weighted by atomic mass is 9.63. The summed E-state index contributed by atoms with van der Waals surface area (Å²) in [5.74, 6) is 0.887. The molecule has 290 valence electrons. The Labute approximate surface area is 341 Å². The summed E-state index contributed by atoms with van der Waals surface area (Å²) in [6.07, 6.45) is 2.35. The molecule has 0 fully saturated rings.